The Morgan fingerprint density at radius 1 is 1.09 bits per heavy atom. The summed E-state index contributed by atoms with van der Waals surface area (Å²) in [6.45, 7) is 6.62. The van der Waals surface area contributed by atoms with Gasteiger partial charge in [-0.1, -0.05) is 32.0 Å². The van der Waals surface area contributed by atoms with E-state index in [2.05, 4.69) is 45.2 Å². The lowest BCUT2D eigenvalue weighted by Crippen LogP contribution is -2.21. The van der Waals surface area contributed by atoms with Gasteiger partial charge >= 0.3 is 5.97 Å². The summed E-state index contributed by atoms with van der Waals surface area (Å²) in [5, 5.41) is 0.672. The van der Waals surface area contributed by atoms with Crippen LogP contribution in [0.1, 0.15) is 42.5 Å². The third kappa shape index (κ3) is 5.63. The van der Waals surface area contributed by atoms with E-state index in [1.54, 1.807) is 18.2 Å². The van der Waals surface area contributed by atoms with E-state index in [1.165, 1.54) is 0 Å². The summed E-state index contributed by atoms with van der Waals surface area (Å²) in [5.74, 6) is 0.576. The predicted molar refractivity (Wildman–Crippen MR) is 140 cm³/mol. The van der Waals surface area contributed by atoms with Crippen LogP contribution in [0.25, 0.3) is 11.0 Å². The van der Waals surface area contributed by atoms with Gasteiger partial charge in [-0.2, -0.15) is 0 Å². The maximum absolute atomic E-state index is 13.6. The monoisotopic (exact) mass is 661 g/mol. The molecule has 1 heterocycles. The van der Waals surface area contributed by atoms with E-state index in [0.717, 1.165) is 7.14 Å². The molecule has 170 valence electrons. The fraction of sp³-hybridized carbons (Fsp3) is 0.333. The fourth-order valence-electron chi connectivity index (χ4n) is 3.12. The molecule has 0 aliphatic rings. The number of hydrogen-bond donors (Lipinski definition) is 1. The summed E-state index contributed by atoms with van der Waals surface area (Å²) in [4.78, 5) is 26.2. The summed E-state index contributed by atoms with van der Waals surface area (Å²) in [6, 6.07) is 10.8. The molecule has 0 amide bonds. The predicted octanol–water partition coefficient (Wildman–Crippen LogP) is 5.34. The van der Waals surface area contributed by atoms with Crippen LogP contribution in [0.5, 0.6) is 5.75 Å². The first-order valence-corrected chi connectivity index (χ1v) is 12.4. The lowest BCUT2D eigenvalue weighted by atomic mass is 9.99. The molecule has 0 unspecified atom stereocenters. The van der Waals surface area contributed by atoms with Gasteiger partial charge in [0.25, 0.3) is 0 Å². The van der Waals surface area contributed by atoms with Crippen molar-refractivity contribution in [1.82, 2.24) is 0 Å². The van der Waals surface area contributed by atoms with Gasteiger partial charge in [-0.25, -0.2) is 0 Å². The van der Waals surface area contributed by atoms with Crippen molar-refractivity contribution < 1.29 is 23.5 Å². The van der Waals surface area contributed by atoms with Crippen LogP contribution < -0.4 is 10.5 Å². The van der Waals surface area contributed by atoms with Crippen molar-refractivity contribution in [1.29, 1.82) is 0 Å². The van der Waals surface area contributed by atoms with Crippen LogP contribution in [0.15, 0.2) is 40.8 Å². The number of para-hydroxylation sites is 1. The molecule has 3 rings (SSSR count). The summed E-state index contributed by atoms with van der Waals surface area (Å²) in [6.07, 6.45) is -0.339. The number of ether oxygens (including phenoxy) is 2. The minimum Gasteiger partial charge on any atom is -0.490 e. The van der Waals surface area contributed by atoms with Gasteiger partial charge in [-0.05, 0) is 76.2 Å². The molecule has 0 saturated heterocycles. The van der Waals surface area contributed by atoms with Crippen molar-refractivity contribution in [2.45, 2.75) is 33.3 Å². The van der Waals surface area contributed by atoms with Crippen LogP contribution >= 0.6 is 45.2 Å². The molecule has 0 bridgehead atoms. The highest BCUT2D eigenvalue weighted by Crippen LogP contribution is 2.33. The Labute approximate surface area is 214 Å². The summed E-state index contributed by atoms with van der Waals surface area (Å²) in [5.41, 5.74) is 6.98. The Balaban J connectivity index is 1.99. The van der Waals surface area contributed by atoms with Crippen molar-refractivity contribution in [2.24, 2.45) is 11.7 Å². The first kappa shape index (κ1) is 25.0. The third-order valence-electron chi connectivity index (χ3n) is 5.08. The van der Waals surface area contributed by atoms with E-state index >= 15 is 0 Å². The maximum Gasteiger partial charge on any atom is 0.313 e. The molecule has 32 heavy (non-hydrogen) atoms. The number of fused-ring (bicyclic) bond motifs is 1. The molecule has 0 spiro atoms. The van der Waals surface area contributed by atoms with Crippen molar-refractivity contribution in [3.8, 4) is 5.75 Å². The van der Waals surface area contributed by atoms with E-state index < -0.39 is 5.97 Å². The molecule has 0 aliphatic carbocycles. The molecule has 2 aromatic carbocycles. The number of ketones is 1. The molecule has 0 aliphatic heterocycles. The second-order valence-corrected chi connectivity index (χ2v) is 10.1. The minimum absolute atomic E-state index is 0.112. The van der Waals surface area contributed by atoms with Gasteiger partial charge in [0, 0.05) is 17.5 Å². The number of carbonyl (C=O) groups is 2. The van der Waals surface area contributed by atoms with Gasteiger partial charge in [0.15, 0.2) is 5.78 Å². The molecule has 1 aromatic heterocycles. The third-order valence-corrected chi connectivity index (χ3v) is 6.68. The van der Waals surface area contributed by atoms with E-state index in [-0.39, 0.29) is 24.2 Å². The summed E-state index contributed by atoms with van der Waals surface area (Å²) < 4.78 is 18.8. The van der Waals surface area contributed by atoms with Crippen molar-refractivity contribution in [3.05, 3.63) is 60.4 Å². The average molecular weight is 661 g/mol. The van der Waals surface area contributed by atoms with Gasteiger partial charge in [-0.15, -0.1) is 0 Å². The Bertz CT molecular complexity index is 1120. The Hall–Kier alpha value is -1.66. The first-order chi connectivity index (χ1) is 15.2. The highest BCUT2D eigenvalue weighted by atomic mass is 127. The zero-order chi connectivity index (χ0) is 23.4. The van der Waals surface area contributed by atoms with E-state index in [0.29, 0.717) is 46.8 Å². The smallest absolute Gasteiger partial charge is 0.313 e. The van der Waals surface area contributed by atoms with Gasteiger partial charge in [0.1, 0.15) is 36.2 Å². The molecule has 6 nitrogen and oxygen atoms in total. The summed E-state index contributed by atoms with van der Waals surface area (Å²) >= 11 is 4.30. The number of carbonyl (C=O) groups excluding carboxylic acids is 2. The van der Waals surface area contributed by atoms with Crippen molar-refractivity contribution in [3.63, 3.8) is 0 Å². The number of rotatable bonds is 9. The normalized spacial score (nSPS) is 12.2. The largest absolute Gasteiger partial charge is 0.490 e. The quantitative estimate of drug-likeness (QED) is 0.189. The van der Waals surface area contributed by atoms with Crippen LogP contribution in [0.2, 0.25) is 0 Å². The van der Waals surface area contributed by atoms with Crippen molar-refractivity contribution >= 4 is 67.9 Å². The number of furan rings is 1. The van der Waals surface area contributed by atoms with E-state index in [4.69, 9.17) is 19.6 Å². The van der Waals surface area contributed by atoms with E-state index in [9.17, 15) is 9.59 Å². The number of hydrogen-bond acceptors (Lipinski definition) is 6. The lowest BCUT2D eigenvalue weighted by molar-refractivity contribution is -0.149. The number of halogens is 2. The molecule has 2 N–H and O–H groups in total. The minimum atomic E-state index is -0.422. The van der Waals surface area contributed by atoms with Gasteiger partial charge < -0.3 is 19.6 Å². The molecular weight excluding hydrogens is 636 g/mol. The maximum atomic E-state index is 13.6. The second kappa shape index (κ2) is 11.0. The van der Waals surface area contributed by atoms with Gasteiger partial charge in [0.2, 0.25) is 0 Å². The SMILES string of the molecule is CC(C)[C@H](C)OC(=O)Cc1oc2ccccc2c1C(=O)c1cc(I)c(OCCN)c(I)c1. The van der Waals surface area contributed by atoms with E-state index in [1.807, 2.05) is 39.0 Å². The fourth-order valence-corrected chi connectivity index (χ4v) is 5.20. The molecular formula is C24H25I2NO5. The van der Waals surface area contributed by atoms with Crippen molar-refractivity contribution in [2.75, 3.05) is 13.2 Å². The molecule has 8 heteroatoms. The lowest BCUT2D eigenvalue weighted by Gasteiger charge is -2.16. The van der Waals surface area contributed by atoms with Crippen LogP contribution in [-0.4, -0.2) is 31.0 Å². The average Bonchev–Trinajstić information content (AvgIpc) is 3.09. The molecule has 0 fully saturated rings. The molecule has 1 atom stereocenters. The molecule has 3 aromatic rings. The summed E-state index contributed by atoms with van der Waals surface area (Å²) in [7, 11) is 0. The Morgan fingerprint density at radius 3 is 2.38 bits per heavy atom. The standard InChI is InChI=1S/C24H25I2NO5/c1-13(2)14(3)31-21(28)12-20-22(16-6-4-5-7-19(16)32-20)23(29)15-10-17(25)24(18(26)11-15)30-9-8-27/h4-7,10-11,13-14H,8-9,12,27H2,1-3H3/t14-/m0/s1. The molecule has 0 saturated carbocycles. The van der Waals surface area contributed by atoms with Crippen LogP contribution in [0.3, 0.4) is 0 Å². The van der Waals surface area contributed by atoms with Crippen LogP contribution in [0.4, 0.5) is 0 Å². The highest BCUT2D eigenvalue weighted by Gasteiger charge is 2.26. The van der Waals surface area contributed by atoms with Crippen LogP contribution in [0, 0.1) is 13.1 Å². The number of esters is 1. The zero-order valence-electron chi connectivity index (χ0n) is 18.1. The second-order valence-electron chi connectivity index (χ2n) is 7.75. The Morgan fingerprint density at radius 2 is 1.75 bits per heavy atom. The first-order valence-electron chi connectivity index (χ1n) is 10.3. The topological polar surface area (TPSA) is 91.8 Å². The van der Waals surface area contributed by atoms with Gasteiger partial charge in [-0.3, -0.25) is 9.59 Å². The Kier molecular flexibility index (Phi) is 8.56. The number of nitrogens with two attached hydrogens (primary N) is 1. The molecule has 0 radical (unpaired) electrons. The van der Waals surface area contributed by atoms with Gasteiger partial charge in [0.05, 0.1) is 12.7 Å². The highest BCUT2D eigenvalue weighted by molar-refractivity contribution is 14.1. The van der Waals surface area contributed by atoms with Crippen LogP contribution in [-0.2, 0) is 16.0 Å². The zero-order valence-corrected chi connectivity index (χ0v) is 22.4. The number of benzene rings is 2.